The summed E-state index contributed by atoms with van der Waals surface area (Å²) in [6.45, 7) is 4.77. The van der Waals surface area contributed by atoms with E-state index in [2.05, 4.69) is 43.5 Å². The van der Waals surface area contributed by atoms with Crippen LogP contribution < -0.4 is 5.32 Å². The molecule has 0 bridgehead atoms. The van der Waals surface area contributed by atoms with E-state index < -0.39 is 12.1 Å². The molecule has 0 radical (unpaired) electrons. The highest BCUT2D eigenvalue weighted by atomic mass is 16.5. The highest BCUT2D eigenvalue weighted by molar-refractivity contribution is 5.76. The minimum Gasteiger partial charge on any atom is -0.466 e. The smallest absolute Gasteiger partial charge is 0.305 e. The number of amides is 1. The number of hydrogen-bond acceptors (Lipinski definition) is 5. The first kappa shape index (κ1) is 51.1. The number of hydrogen-bond donors (Lipinski definition) is 3. The third kappa shape index (κ3) is 39.6. The fourth-order valence-corrected chi connectivity index (χ4v) is 6.57. The van der Waals surface area contributed by atoms with E-state index in [1.165, 1.54) is 128 Å². The van der Waals surface area contributed by atoms with E-state index in [1.54, 1.807) is 6.08 Å². The summed E-state index contributed by atoms with van der Waals surface area (Å²) in [6, 6.07) is -0.665. The van der Waals surface area contributed by atoms with Crippen molar-refractivity contribution < 1.29 is 24.5 Å². The fourth-order valence-electron chi connectivity index (χ4n) is 6.57. The first-order chi connectivity index (χ1) is 26.0. The predicted molar refractivity (Wildman–Crippen MR) is 227 cm³/mol. The van der Waals surface area contributed by atoms with Gasteiger partial charge in [0.1, 0.15) is 0 Å². The van der Waals surface area contributed by atoms with Crippen molar-refractivity contribution >= 4 is 11.9 Å². The summed E-state index contributed by atoms with van der Waals surface area (Å²) >= 11 is 0. The SMILES string of the molecule is CCCCCC/C=C\CCCCCCCC(=O)OCCCCCC/C=C\CCCC(=O)NC(CO)C(O)/C=C/CCCCCCCCCCCCCC. The van der Waals surface area contributed by atoms with E-state index in [0.29, 0.717) is 19.4 Å². The molecule has 3 N–H and O–H groups in total. The summed E-state index contributed by atoms with van der Waals surface area (Å²) in [7, 11) is 0. The summed E-state index contributed by atoms with van der Waals surface area (Å²) in [4.78, 5) is 24.3. The molecule has 2 unspecified atom stereocenters. The van der Waals surface area contributed by atoms with Crippen LogP contribution in [0.4, 0.5) is 0 Å². The molecule has 0 saturated carbocycles. The lowest BCUT2D eigenvalue weighted by Gasteiger charge is -2.19. The molecule has 0 spiro atoms. The van der Waals surface area contributed by atoms with Crippen LogP contribution in [-0.4, -0.2) is 47.4 Å². The largest absolute Gasteiger partial charge is 0.466 e. The van der Waals surface area contributed by atoms with E-state index in [-0.39, 0.29) is 18.5 Å². The molecule has 0 aromatic heterocycles. The highest BCUT2D eigenvalue weighted by Gasteiger charge is 2.17. The number of unbranched alkanes of at least 4 members (excludes halogenated alkanes) is 26. The lowest BCUT2D eigenvalue weighted by molar-refractivity contribution is -0.143. The summed E-state index contributed by atoms with van der Waals surface area (Å²) in [5.74, 6) is -0.179. The van der Waals surface area contributed by atoms with Crippen molar-refractivity contribution in [2.45, 2.75) is 238 Å². The zero-order valence-electron chi connectivity index (χ0n) is 35.0. The number of aliphatic hydroxyl groups is 2. The van der Waals surface area contributed by atoms with Gasteiger partial charge in [0, 0.05) is 12.8 Å². The number of ether oxygens (including phenoxy) is 1. The molecule has 0 heterocycles. The second kappa shape index (κ2) is 42.8. The Morgan fingerprint density at radius 2 is 0.906 bits per heavy atom. The predicted octanol–water partition coefficient (Wildman–Crippen LogP) is 12.9. The molecule has 0 rings (SSSR count). The van der Waals surface area contributed by atoms with Gasteiger partial charge in [0.2, 0.25) is 5.91 Å². The van der Waals surface area contributed by atoms with E-state index in [9.17, 15) is 19.8 Å². The lowest BCUT2D eigenvalue weighted by atomic mass is 10.0. The van der Waals surface area contributed by atoms with Gasteiger partial charge >= 0.3 is 5.97 Å². The van der Waals surface area contributed by atoms with Crippen molar-refractivity contribution in [2.75, 3.05) is 13.2 Å². The quantitative estimate of drug-likeness (QED) is 0.0329. The van der Waals surface area contributed by atoms with Crippen molar-refractivity contribution in [3.05, 3.63) is 36.5 Å². The third-order valence-corrected chi connectivity index (χ3v) is 10.1. The van der Waals surface area contributed by atoms with Crippen LogP contribution in [0.15, 0.2) is 36.5 Å². The Labute approximate surface area is 328 Å². The molecule has 310 valence electrons. The topological polar surface area (TPSA) is 95.9 Å². The minimum absolute atomic E-state index is 0.0484. The van der Waals surface area contributed by atoms with Gasteiger partial charge < -0.3 is 20.3 Å². The van der Waals surface area contributed by atoms with Gasteiger partial charge in [-0.05, 0) is 77.0 Å². The standard InChI is InChI=1S/C47H87NO5/c1-3-5-7-9-11-13-15-17-19-20-23-27-31-35-39-45(50)44(43-49)48-46(51)40-36-32-28-24-22-26-30-34-38-42-53-47(52)41-37-33-29-25-21-18-16-14-12-10-8-6-4-2/h14,16,24,28,35,39,44-45,49-50H,3-13,15,17-23,25-27,29-34,36-38,40-43H2,1-2H3,(H,48,51)/b16-14-,28-24-,39-35+. The number of carbonyl (C=O) groups is 2. The van der Waals surface area contributed by atoms with Crippen molar-refractivity contribution in [3.8, 4) is 0 Å². The van der Waals surface area contributed by atoms with E-state index in [1.807, 2.05) is 6.08 Å². The van der Waals surface area contributed by atoms with Gasteiger partial charge in [0.25, 0.3) is 0 Å². The Bertz CT molecular complexity index is 869. The molecule has 0 aromatic carbocycles. The number of allylic oxidation sites excluding steroid dienone is 5. The summed E-state index contributed by atoms with van der Waals surface area (Å²) < 4.78 is 5.41. The van der Waals surface area contributed by atoms with Crippen molar-refractivity contribution in [1.29, 1.82) is 0 Å². The molecule has 53 heavy (non-hydrogen) atoms. The first-order valence-electron chi connectivity index (χ1n) is 22.8. The molecular formula is C47H87NO5. The van der Waals surface area contributed by atoms with Gasteiger partial charge in [-0.2, -0.15) is 0 Å². The number of rotatable bonds is 41. The van der Waals surface area contributed by atoms with Gasteiger partial charge in [-0.25, -0.2) is 0 Å². The normalized spacial score (nSPS) is 13.1. The second-order valence-corrected chi connectivity index (χ2v) is 15.4. The molecule has 1 amide bonds. The maximum Gasteiger partial charge on any atom is 0.305 e. The molecule has 6 nitrogen and oxygen atoms in total. The van der Waals surface area contributed by atoms with Crippen LogP contribution in [0, 0.1) is 0 Å². The average molecular weight is 746 g/mol. The Kier molecular flexibility index (Phi) is 41.3. The van der Waals surface area contributed by atoms with Gasteiger partial charge in [-0.1, -0.05) is 172 Å². The molecule has 2 atom stereocenters. The Balaban J connectivity index is 3.62. The summed E-state index contributed by atoms with van der Waals surface area (Å²) in [5, 5.41) is 22.9. The minimum atomic E-state index is -0.875. The fraction of sp³-hybridized carbons (Fsp3) is 0.830. The van der Waals surface area contributed by atoms with Gasteiger partial charge in [0.15, 0.2) is 0 Å². The van der Waals surface area contributed by atoms with Crippen molar-refractivity contribution in [1.82, 2.24) is 5.32 Å². The zero-order chi connectivity index (χ0) is 38.7. The molecule has 0 fully saturated rings. The number of esters is 1. The average Bonchev–Trinajstić information content (AvgIpc) is 3.16. The Morgan fingerprint density at radius 1 is 0.509 bits per heavy atom. The first-order valence-corrected chi connectivity index (χ1v) is 22.8. The molecule has 0 aromatic rings. The van der Waals surface area contributed by atoms with Gasteiger partial charge in [-0.15, -0.1) is 0 Å². The number of nitrogens with one attached hydrogen (secondary N) is 1. The van der Waals surface area contributed by atoms with Crippen LogP contribution in [-0.2, 0) is 14.3 Å². The summed E-state index contributed by atoms with van der Waals surface area (Å²) in [5.41, 5.74) is 0. The van der Waals surface area contributed by atoms with Crippen LogP contribution in [0.25, 0.3) is 0 Å². The maximum atomic E-state index is 12.4. The van der Waals surface area contributed by atoms with Crippen molar-refractivity contribution in [2.24, 2.45) is 0 Å². The molecule has 0 aliphatic heterocycles. The van der Waals surface area contributed by atoms with Crippen LogP contribution in [0.5, 0.6) is 0 Å². The second-order valence-electron chi connectivity index (χ2n) is 15.4. The van der Waals surface area contributed by atoms with Gasteiger partial charge in [0.05, 0.1) is 25.4 Å². The van der Waals surface area contributed by atoms with Crippen molar-refractivity contribution in [3.63, 3.8) is 0 Å². The molecule has 6 heteroatoms. The van der Waals surface area contributed by atoms with Crippen LogP contribution in [0.2, 0.25) is 0 Å². The van der Waals surface area contributed by atoms with E-state index in [0.717, 1.165) is 70.6 Å². The van der Waals surface area contributed by atoms with E-state index >= 15 is 0 Å². The molecular weight excluding hydrogens is 659 g/mol. The number of carbonyl (C=O) groups excluding carboxylic acids is 2. The third-order valence-electron chi connectivity index (χ3n) is 10.1. The maximum absolute atomic E-state index is 12.4. The monoisotopic (exact) mass is 746 g/mol. The zero-order valence-corrected chi connectivity index (χ0v) is 35.0. The van der Waals surface area contributed by atoms with Gasteiger partial charge in [-0.3, -0.25) is 9.59 Å². The van der Waals surface area contributed by atoms with E-state index in [4.69, 9.17) is 4.74 Å². The van der Waals surface area contributed by atoms with Crippen LogP contribution in [0.3, 0.4) is 0 Å². The number of aliphatic hydroxyl groups excluding tert-OH is 2. The van der Waals surface area contributed by atoms with Crippen LogP contribution >= 0.6 is 0 Å². The molecule has 0 aliphatic carbocycles. The summed E-state index contributed by atoms with van der Waals surface area (Å²) in [6.07, 6.45) is 49.9. The Hall–Kier alpha value is -1.92. The molecule has 0 saturated heterocycles. The Morgan fingerprint density at radius 3 is 1.40 bits per heavy atom. The lowest BCUT2D eigenvalue weighted by Crippen LogP contribution is -2.45. The highest BCUT2D eigenvalue weighted by Crippen LogP contribution is 2.14. The van der Waals surface area contributed by atoms with Crippen LogP contribution in [0.1, 0.15) is 226 Å². The molecule has 0 aliphatic rings.